The van der Waals surface area contributed by atoms with Gasteiger partial charge in [0.05, 0.1) is 22.0 Å². The first-order valence-electron chi connectivity index (χ1n) is 13.0. The van der Waals surface area contributed by atoms with E-state index < -0.39 is 10.5 Å². The Hall–Kier alpha value is -5.68. The lowest BCUT2D eigenvalue weighted by Gasteiger charge is -2.09. The molecule has 0 bridgehead atoms. The van der Waals surface area contributed by atoms with Crippen molar-refractivity contribution in [2.45, 2.75) is 6.61 Å². The van der Waals surface area contributed by atoms with E-state index in [0.29, 0.717) is 44.3 Å². The summed E-state index contributed by atoms with van der Waals surface area (Å²) in [5.41, 5.74) is 1.45. The quantitative estimate of drug-likeness (QED) is 0.115. The molecule has 2 aromatic heterocycles. The van der Waals surface area contributed by atoms with Crippen LogP contribution in [-0.2, 0) is 6.61 Å². The molecule has 0 amide bonds. The third-order valence-electron chi connectivity index (χ3n) is 6.79. The molecule has 43 heavy (non-hydrogen) atoms. The summed E-state index contributed by atoms with van der Waals surface area (Å²) in [7, 11) is 0. The van der Waals surface area contributed by atoms with Gasteiger partial charge in [-0.1, -0.05) is 29.8 Å². The van der Waals surface area contributed by atoms with Crippen LogP contribution in [0.1, 0.15) is 11.1 Å². The lowest BCUT2D eigenvalue weighted by molar-refractivity contribution is -0.385. The predicted molar refractivity (Wildman–Crippen MR) is 159 cm³/mol. The zero-order valence-corrected chi connectivity index (χ0v) is 22.9. The van der Waals surface area contributed by atoms with E-state index >= 15 is 0 Å². The van der Waals surface area contributed by atoms with Crippen molar-refractivity contribution in [2.75, 3.05) is 6.79 Å². The van der Waals surface area contributed by atoms with Crippen LogP contribution in [0.2, 0.25) is 5.02 Å². The summed E-state index contributed by atoms with van der Waals surface area (Å²) in [6.07, 6.45) is 1.34. The summed E-state index contributed by atoms with van der Waals surface area (Å²) in [5, 5.41) is 17.9. The van der Waals surface area contributed by atoms with Gasteiger partial charge in [0, 0.05) is 22.0 Å². The standard InChI is InChI=1S/C31H19ClN4O7/c32-21-7-10-25-20(13-21)14-29(43-25)30-34-23-4-2-1-3-22(23)31(37)35(30)33-15-18-5-8-26(24(11-18)36(38)39)40-16-19-6-9-27-28(12-19)42-17-41-27/h1-15H,16-17H2. The average Bonchev–Trinajstić information content (AvgIpc) is 3.66. The zero-order valence-electron chi connectivity index (χ0n) is 22.1. The fourth-order valence-corrected chi connectivity index (χ4v) is 4.89. The van der Waals surface area contributed by atoms with Crippen molar-refractivity contribution in [1.29, 1.82) is 0 Å². The van der Waals surface area contributed by atoms with Crippen LogP contribution >= 0.6 is 11.6 Å². The summed E-state index contributed by atoms with van der Waals surface area (Å²) < 4.78 is 23.6. The maximum Gasteiger partial charge on any atom is 0.311 e. The second-order valence-corrected chi connectivity index (χ2v) is 10.0. The highest BCUT2D eigenvalue weighted by atomic mass is 35.5. The minimum atomic E-state index is -0.541. The molecule has 0 saturated carbocycles. The molecule has 0 unspecified atom stereocenters. The van der Waals surface area contributed by atoms with Gasteiger partial charge in [0.1, 0.15) is 12.2 Å². The van der Waals surface area contributed by atoms with Crippen molar-refractivity contribution in [3.05, 3.63) is 122 Å². The van der Waals surface area contributed by atoms with Crippen LogP contribution in [0.4, 0.5) is 5.69 Å². The first-order chi connectivity index (χ1) is 20.9. The van der Waals surface area contributed by atoms with Crippen molar-refractivity contribution in [1.82, 2.24) is 9.66 Å². The van der Waals surface area contributed by atoms with Gasteiger partial charge < -0.3 is 18.6 Å². The molecule has 0 N–H and O–H groups in total. The van der Waals surface area contributed by atoms with Crippen LogP contribution in [0.15, 0.2) is 99.2 Å². The Kier molecular flexibility index (Phi) is 6.48. The van der Waals surface area contributed by atoms with Crippen molar-refractivity contribution >= 4 is 45.4 Å². The van der Waals surface area contributed by atoms with Crippen LogP contribution in [0.5, 0.6) is 17.2 Å². The van der Waals surface area contributed by atoms with Crippen LogP contribution in [-0.4, -0.2) is 27.6 Å². The maximum absolute atomic E-state index is 13.5. The molecule has 0 saturated heterocycles. The number of halogens is 1. The Bertz CT molecular complexity index is 2150. The van der Waals surface area contributed by atoms with Gasteiger partial charge in [-0.05, 0) is 66.2 Å². The van der Waals surface area contributed by atoms with Gasteiger partial charge >= 0.3 is 5.69 Å². The van der Waals surface area contributed by atoms with Crippen molar-refractivity contribution < 1.29 is 23.6 Å². The van der Waals surface area contributed by atoms with Gasteiger partial charge in [0.15, 0.2) is 23.0 Å². The number of nitrogens with zero attached hydrogens (tertiary/aromatic N) is 4. The normalized spacial score (nSPS) is 12.4. The monoisotopic (exact) mass is 594 g/mol. The molecular weight excluding hydrogens is 576 g/mol. The second kappa shape index (κ2) is 10.6. The van der Waals surface area contributed by atoms with Crippen LogP contribution < -0.4 is 19.8 Å². The van der Waals surface area contributed by atoms with E-state index in [0.717, 1.165) is 15.6 Å². The molecule has 12 heteroatoms. The number of nitro groups is 1. The number of hydrogen-bond donors (Lipinski definition) is 0. The van der Waals surface area contributed by atoms with Gasteiger partial charge in [0.25, 0.3) is 5.56 Å². The molecule has 7 rings (SSSR count). The summed E-state index contributed by atoms with van der Waals surface area (Å²) in [4.78, 5) is 29.6. The van der Waals surface area contributed by atoms with E-state index in [1.54, 1.807) is 72.8 Å². The molecule has 4 aromatic carbocycles. The molecule has 0 fully saturated rings. The van der Waals surface area contributed by atoms with Gasteiger partial charge in [-0.2, -0.15) is 9.78 Å². The van der Waals surface area contributed by atoms with Crippen molar-refractivity contribution in [3.63, 3.8) is 0 Å². The Balaban J connectivity index is 1.23. The van der Waals surface area contributed by atoms with Gasteiger partial charge in [-0.15, -0.1) is 0 Å². The van der Waals surface area contributed by atoms with E-state index in [4.69, 9.17) is 30.2 Å². The average molecular weight is 595 g/mol. The number of para-hydroxylation sites is 1. The van der Waals surface area contributed by atoms with Crippen LogP contribution in [0.25, 0.3) is 33.5 Å². The summed E-state index contributed by atoms with van der Waals surface area (Å²) >= 11 is 6.14. The number of hydrogen-bond acceptors (Lipinski definition) is 9. The Morgan fingerprint density at radius 2 is 1.88 bits per heavy atom. The molecule has 6 aromatic rings. The third-order valence-corrected chi connectivity index (χ3v) is 7.02. The number of rotatable bonds is 7. The van der Waals surface area contributed by atoms with Crippen molar-refractivity contribution in [3.8, 4) is 28.8 Å². The lowest BCUT2D eigenvalue weighted by atomic mass is 10.2. The fourth-order valence-electron chi connectivity index (χ4n) is 4.71. The Morgan fingerprint density at radius 3 is 2.77 bits per heavy atom. The Labute approximate surface area is 247 Å². The van der Waals surface area contributed by atoms with E-state index in [2.05, 4.69) is 10.1 Å². The van der Waals surface area contributed by atoms with Crippen LogP contribution in [0, 0.1) is 10.1 Å². The smallest absolute Gasteiger partial charge is 0.311 e. The first-order valence-corrected chi connectivity index (χ1v) is 13.4. The van der Waals surface area contributed by atoms with Crippen molar-refractivity contribution in [2.24, 2.45) is 5.10 Å². The summed E-state index contributed by atoms with van der Waals surface area (Å²) in [6.45, 7) is 0.222. The fraction of sp³-hybridized carbons (Fsp3) is 0.0645. The minimum absolute atomic E-state index is 0.0750. The summed E-state index contributed by atoms with van der Waals surface area (Å²) in [6, 6.07) is 23.5. The van der Waals surface area contributed by atoms with E-state index in [9.17, 15) is 14.9 Å². The number of furan rings is 1. The molecule has 3 heterocycles. The molecule has 0 atom stereocenters. The number of aromatic nitrogens is 2. The number of benzene rings is 4. The molecule has 0 radical (unpaired) electrons. The van der Waals surface area contributed by atoms with E-state index in [1.165, 1.54) is 18.3 Å². The molecule has 0 spiro atoms. The molecule has 1 aliphatic rings. The summed E-state index contributed by atoms with van der Waals surface area (Å²) in [5.74, 6) is 1.75. The van der Waals surface area contributed by atoms with Gasteiger partial charge in [0.2, 0.25) is 12.6 Å². The second-order valence-electron chi connectivity index (χ2n) is 9.57. The molecule has 0 aliphatic carbocycles. The topological polar surface area (TPSA) is 131 Å². The number of ether oxygens (including phenoxy) is 3. The Morgan fingerprint density at radius 1 is 1.02 bits per heavy atom. The maximum atomic E-state index is 13.5. The molecule has 1 aliphatic heterocycles. The molecule has 212 valence electrons. The molecule has 11 nitrogen and oxygen atoms in total. The van der Waals surface area contributed by atoms with E-state index in [-0.39, 0.29) is 30.7 Å². The minimum Gasteiger partial charge on any atom is -0.482 e. The van der Waals surface area contributed by atoms with Gasteiger partial charge in [-0.3, -0.25) is 14.9 Å². The highest BCUT2D eigenvalue weighted by Crippen LogP contribution is 2.34. The lowest BCUT2D eigenvalue weighted by Crippen LogP contribution is -2.20. The van der Waals surface area contributed by atoms with Gasteiger partial charge in [-0.25, -0.2) is 4.98 Å². The molecular formula is C31H19ClN4O7. The predicted octanol–water partition coefficient (Wildman–Crippen LogP) is 6.56. The zero-order chi connectivity index (χ0) is 29.5. The highest BCUT2D eigenvalue weighted by Gasteiger charge is 2.19. The third kappa shape index (κ3) is 5.02. The highest BCUT2D eigenvalue weighted by molar-refractivity contribution is 6.31. The number of fused-ring (bicyclic) bond motifs is 3. The van der Waals surface area contributed by atoms with Crippen LogP contribution in [0.3, 0.4) is 0 Å². The number of nitro benzene ring substituents is 1. The van der Waals surface area contributed by atoms with E-state index in [1.807, 2.05) is 0 Å². The largest absolute Gasteiger partial charge is 0.482 e. The first kappa shape index (κ1) is 26.2. The SMILES string of the molecule is O=c1c2ccccc2nc(-c2cc3cc(Cl)ccc3o2)n1N=Cc1ccc(OCc2ccc3c(c2)OCO3)c([N+](=O)[O-])c1.